The predicted octanol–water partition coefficient (Wildman–Crippen LogP) is 1.18. The maximum atomic E-state index is 12.2. The van der Waals surface area contributed by atoms with Crippen LogP contribution in [0.2, 0.25) is 0 Å². The van der Waals surface area contributed by atoms with E-state index in [9.17, 15) is 4.79 Å². The fourth-order valence-corrected chi connectivity index (χ4v) is 2.63. The molecule has 0 spiro atoms. The summed E-state index contributed by atoms with van der Waals surface area (Å²) < 4.78 is 11.2. The van der Waals surface area contributed by atoms with Crippen molar-refractivity contribution in [2.45, 2.75) is 13.0 Å². The average molecular weight is 316 g/mol. The number of ether oxygens (including phenoxy) is 1. The summed E-state index contributed by atoms with van der Waals surface area (Å²) in [6.45, 7) is 5.36. The number of hydrogen-bond acceptors (Lipinski definition) is 6. The van der Waals surface area contributed by atoms with Crippen LogP contribution in [-0.4, -0.2) is 53.6 Å². The minimum atomic E-state index is -0.236. The summed E-state index contributed by atoms with van der Waals surface area (Å²) in [6, 6.07) is 3.88. The standard InChI is InChI=1S/C16H20N4O3/c1-12-2-3-15(23-12)14(20-6-8-22-9-7-20)11-19-16(21)13-10-17-4-5-18-13/h2-5,10,14H,6-9,11H2,1H3,(H,19,21). The van der Waals surface area contributed by atoms with Gasteiger partial charge in [-0.15, -0.1) is 0 Å². The van der Waals surface area contributed by atoms with E-state index in [1.165, 1.54) is 12.4 Å². The van der Waals surface area contributed by atoms with Gasteiger partial charge in [-0.1, -0.05) is 0 Å². The van der Waals surface area contributed by atoms with Crippen molar-refractivity contribution in [1.82, 2.24) is 20.2 Å². The zero-order chi connectivity index (χ0) is 16.1. The lowest BCUT2D eigenvalue weighted by Crippen LogP contribution is -2.43. The zero-order valence-corrected chi connectivity index (χ0v) is 13.1. The van der Waals surface area contributed by atoms with Crippen molar-refractivity contribution in [3.8, 4) is 0 Å². The second kappa shape index (κ2) is 7.34. The van der Waals surface area contributed by atoms with Crippen molar-refractivity contribution in [1.29, 1.82) is 0 Å². The zero-order valence-electron chi connectivity index (χ0n) is 13.1. The molecule has 1 amide bonds. The number of morpholine rings is 1. The number of hydrogen-bond donors (Lipinski definition) is 1. The number of amides is 1. The van der Waals surface area contributed by atoms with E-state index < -0.39 is 0 Å². The van der Waals surface area contributed by atoms with Gasteiger partial charge in [-0.3, -0.25) is 14.7 Å². The van der Waals surface area contributed by atoms with Gasteiger partial charge in [-0.25, -0.2) is 4.98 Å². The summed E-state index contributed by atoms with van der Waals surface area (Å²) in [6.07, 6.45) is 4.50. The van der Waals surface area contributed by atoms with Crippen LogP contribution in [-0.2, 0) is 4.74 Å². The highest BCUT2D eigenvalue weighted by molar-refractivity contribution is 5.91. The van der Waals surface area contributed by atoms with E-state index >= 15 is 0 Å². The molecule has 7 nitrogen and oxygen atoms in total. The number of furan rings is 1. The van der Waals surface area contributed by atoms with Crippen LogP contribution < -0.4 is 5.32 Å². The molecule has 1 aliphatic rings. The number of rotatable bonds is 5. The minimum Gasteiger partial charge on any atom is -0.465 e. The Morgan fingerprint density at radius 2 is 2.17 bits per heavy atom. The van der Waals surface area contributed by atoms with Crippen LogP contribution in [0.4, 0.5) is 0 Å². The van der Waals surface area contributed by atoms with Gasteiger partial charge in [0.1, 0.15) is 17.2 Å². The summed E-state index contributed by atoms with van der Waals surface area (Å²) in [4.78, 5) is 22.4. The van der Waals surface area contributed by atoms with Gasteiger partial charge in [0, 0.05) is 32.0 Å². The highest BCUT2D eigenvalue weighted by Crippen LogP contribution is 2.23. The molecule has 1 saturated heterocycles. The topological polar surface area (TPSA) is 80.5 Å². The van der Waals surface area contributed by atoms with Crippen LogP contribution in [0.1, 0.15) is 28.1 Å². The van der Waals surface area contributed by atoms with Crippen molar-refractivity contribution in [2.24, 2.45) is 0 Å². The van der Waals surface area contributed by atoms with Crippen LogP contribution in [0.3, 0.4) is 0 Å². The van der Waals surface area contributed by atoms with E-state index in [1.807, 2.05) is 19.1 Å². The van der Waals surface area contributed by atoms with Crippen molar-refractivity contribution < 1.29 is 13.9 Å². The molecule has 0 saturated carbocycles. The third kappa shape index (κ3) is 3.94. The van der Waals surface area contributed by atoms with Crippen molar-refractivity contribution in [3.63, 3.8) is 0 Å². The Morgan fingerprint density at radius 1 is 1.35 bits per heavy atom. The Labute approximate surface area is 134 Å². The van der Waals surface area contributed by atoms with Gasteiger partial charge >= 0.3 is 0 Å². The molecule has 2 aromatic heterocycles. The number of aryl methyl sites for hydroxylation is 1. The van der Waals surface area contributed by atoms with Crippen molar-refractivity contribution >= 4 is 5.91 Å². The predicted molar refractivity (Wildman–Crippen MR) is 82.9 cm³/mol. The molecule has 1 fully saturated rings. The first kappa shape index (κ1) is 15.6. The maximum absolute atomic E-state index is 12.2. The molecule has 7 heteroatoms. The number of nitrogens with one attached hydrogen (secondary N) is 1. The molecule has 3 rings (SSSR count). The van der Waals surface area contributed by atoms with E-state index in [0.717, 1.165) is 24.6 Å². The quantitative estimate of drug-likeness (QED) is 0.892. The summed E-state index contributed by atoms with van der Waals surface area (Å²) in [5.74, 6) is 1.47. The van der Waals surface area contributed by atoms with Crippen LogP contribution >= 0.6 is 0 Å². The maximum Gasteiger partial charge on any atom is 0.271 e. The molecule has 0 aliphatic carbocycles. The smallest absolute Gasteiger partial charge is 0.271 e. The lowest BCUT2D eigenvalue weighted by atomic mass is 10.1. The first-order valence-corrected chi connectivity index (χ1v) is 7.66. The van der Waals surface area contributed by atoms with Crippen LogP contribution in [0.5, 0.6) is 0 Å². The SMILES string of the molecule is Cc1ccc(C(CNC(=O)c2cnccn2)N2CCOCC2)o1. The number of aromatic nitrogens is 2. The molecule has 0 radical (unpaired) electrons. The molecule has 23 heavy (non-hydrogen) atoms. The fourth-order valence-electron chi connectivity index (χ4n) is 2.63. The lowest BCUT2D eigenvalue weighted by molar-refractivity contribution is 0.0117. The molecule has 0 aromatic carbocycles. The van der Waals surface area contributed by atoms with E-state index in [4.69, 9.17) is 9.15 Å². The molecular formula is C16H20N4O3. The van der Waals surface area contributed by atoms with Crippen LogP contribution in [0.25, 0.3) is 0 Å². The third-order valence-corrected chi connectivity index (χ3v) is 3.83. The van der Waals surface area contributed by atoms with E-state index in [2.05, 4.69) is 20.2 Å². The highest BCUT2D eigenvalue weighted by atomic mass is 16.5. The molecule has 3 heterocycles. The number of nitrogens with zero attached hydrogens (tertiary/aromatic N) is 3. The first-order valence-electron chi connectivity index (χ1n) is 7.66. The van der Waals surface area contributed by atoms with Crippen LogP contribution in [0.15, 0.2) is 35.1 Å². The first-order chi connectivity index (χ1) is 11.2. The largest absolute Gasteiger partial charge is 0.465 e. The molecule has 1 N–H and O–H groups in total. The fraction of sp³-hybridized carbons (Fsp3) is 0.438. The lowest BCUT2D eigenvalue weighted by Gasteiger charge is -2.33. The summed E-state index contributed by atoms with van der Waals surface area (Å²) in [7, 11) is 0. The van der Waals surface area contributed by atoms with Gasteiger partial charge in [0.15, 0.2) is 0 Å². The second-order valence-corrected chi connectivity index (χ2v) is 5.41. The molecule has 2 aromatic rings. The molecule has 0 bridgehead atoms. The Hall–Kier alpha value is -2.25. The Bertz CT molecular complexity index is 638. The highest BCUT2D eigenvalue weighted by Gasteiger charge is 2.26. The third-order valence-electron chi connectivity index (χ3n) is 3.83. The summed E-state index contributed by atoms with van der Waals surface area (Å²) >= 11 is 0. The molecule has 1 aliphatic heterocycles. The van der Waals surface area contributed by atoms with Gasteiger partial charge in [0.25, 0.3) is 5.91 Å². The summed E-state index contributed by atoms with van der Waals surface area (Å²) in [5, 5.41) is 2.92. The molecular weight excluding hydrogens is 296 g/mol. The number of carbonyl (C=O) groups is 1. The number of carbonyl (C=O) groups excluding carboxylic acids is 1. The van der Waals surface area contributed by atoms with Gasteiger partial charge < -0.3 is 14.5 Å². The molecule has 1 atom stereocenters. The Balaban J connectivity index is 1.69. The summed E-state index contributed by atoms with van der Waals surface area (Å²) in [5.41, 5.74) is 0.309. The van der Waals surface area contributed by atoms with Crippen molar-refractivity contribution in [2.75, 3.05) is 32.8 Å². The van der Waals surface area contributed by atoms with E-state index in [1.54, 1.807) is 6.20 Å². The monoisotopic (exact) mass is 316 g/mol. The Kier molecular flexibility index (Phi) is 4.99. The molecule has 122 valence electrons. The van der Waals surface area contributed by atoms with Crippen LogP contribution in [0, 0.1) is 6.92 Å². The van der Waals surface area contributed by atoms with E-state index in [0.29, 0.717) is 25.5 Å². The average Bonchev–Trinajstić information content (AvgIpc) is 3.03. The minimum absolute atomic E-state index is 0.0202. The van der Waals surface area contributed by atoms with Crippen molar-refractivity contribution in [3.05, 3.63) is 47.9 Å². The second-order valence-electron chi connectivity index (χ2n) is 5.41. The van der Waals surface area contributed by atoms with E-state index in [-0.39, 0.29) is 11.9 Å². The van der Waals surface area contributed by atoms with Gasteiger partial charge in [-0.05, 0) is 19.1 Å². The van der Waals surface area contributed by atoms with Gasteiger partial charge in [0.2, 0.25) is 0 Å². The Morgan fingerprint density at radius 3 is 2.83 bits per heavy atom. The van der Waals surface area contributed by atoms with Gasteiger partial charge in [0.05, 0.1) is 25.5 Å². The van der Waals surface area contributed by atoms with Gasteiger partial charge in [-0.2, -0.15) is 0 Å². The normalized spacial score (nSPS) is 16.9. The molecule has 1 unspecified atom stereocenters.